The lowest BCUT2D eigenvalue weighted by molar-refractivity contribution is -0.137. The summed E-state index contributed by atoms with van der Waals surface area (Å²) in [5, 5.41) is 18.3. The van der Waals surface area contributed by atoms with Crippen molar-refractivity contribution < 1.29 is 24.2 Å². The SMILES string of the molecule is CC[C@H](CC(=O)O)NC(=O)c1cnn(C)c1NC(=O)OCC1c2ccccc2-c2ccccc21. The van der Waals surface area contributed by atoms with Gasteiger partial charge in [0.1, 0.15) is 18.0 Å². The van der Waals surface area contributed by atoms with Gasteiger partial charge in [-0.15, -0.1) is 0 Å². The number of carbonyl (C=O) groups excluding carboxylic acids is 2. The molecule has 0 fully saturated rings. The molecule has 3 aromatic rings. The third-order valence-corrected chi connectivity index (χ3v) is 6.00. The summed E-state index contributed by atoms with van der Waals surface area (Å²) < 4.78 is 6.91. The Labute approximate surface area is 196 Å². The van der Waals surface area contributed by atoms with Crippen LogP contribution in [0, 0.1) is 0 Å². The van der Waals surface area contributed by atoms with Crippen molar-refractivity contribution in [3.63, 3.8) is 0 Å². The Balaban J connectivity index is 1.44. The third-order valence-electron chi connectivity index (χ3n) is 6.00. The molecule has 3 N–H and O–H groups in total. The van der Waals surface area contributed by atoms with Gasteiger partial charge >= 0.3 is 12.1 Å². The summed E-state index contributed by atoms with van der Waals surface area (Å²) in [7, 11) is 1.59. The van der Waals surface area contributed by atoms with Crippen molar-refractivity contribution in [1.29, 1.82) is 0 Å². The molecule has 9 nitrogen and oxygen atoms in total. The molecule has 0 aliphatic heterocycles. The number of anilines is 1. The fraction of sp³-hybridized carbons (Fsp3) is 0.280. The number of rotatable bonds is 8. The molecule has 176 valence electrons. The van der Waals surface area contributed by atoms with Crippen molar-refractivity contribution >= 4 is 23.8 Å². The minimum atomic E-state index is -1.00. The van der Waals surface area contributed by atoms with E-state index in [1.165, 1.54) is 10.9 Å². The second-order valence-electron chi connectivity index (χ2n) is 8.16. The number of nitrogens with zero attached hydrogens (tertiary/aromatic N) is 2. The molecule has 9 heteroatoms. The van der Waals surface area contributed by atoms with Gasteiger partial charge in [-0.3, -0.25) is 19.6 Å². The van der Waals surface area contributed by atoms with Gasteiger partial charge in [0, 0.05) is 19.0 Å². The van der Waals surface area contributed by atoms with Crippen LogP contribution >= 0.6 is 0 Å². The Morgan fingerprint density at radius 1 is 1.09 bits per heavy atom. The number of hydrogen-bond acceptors (Lipinski definition) is 5. The molecule has 0 spiro atoms. The first-order valence-electron chi connectivity index (χ1n) is 11.1. The molecule has 0 bridgehead atoms. The summed E-state index contributed by atoms with van der Waals surface area (Å²) in [6.07, 6.45) is 0.865. The van der Waals surface area contributed by atoms with Crippen molar-refractivity contribution in [3.8, 4) is 11.1 Å². The van der Waals surface area contributed by atoms with Gasteiger partial charge in [0.05, 0.1) is 12.6 Å². The molecule has 1 aliphatic rings. The maximum absolute atomic E-state index is 12.7. The monoisotopic (exact) mass is 462 g/mol. The molecule has 1 aliphatic carbocycles. The number of carboxylic acid groups (broad SMARTS) is 1. The molecule has 1 aromatic heterocycles. The average Bonchev–Trinajstić information content (AvgIpc) is 3.34. The zero-order chi connectivity index (χ0) is 24.2. The van der Waals surface area contributed by atoms with Crippen molar-refractivity contribution in [2.45, 2.75) is 31.7 Å². The van der Waals surface area contributed by atoms with E-state index < -0.39 is 24.0 Å². The molecule has 1 heterocycles. The number of amides is 2. The fourth-order valence-electron chi connectivity index (χ4n) is 4.25. The average molecular weight is 463 g/mol. The summed E-state index contributed by atoms with van der Waals surface area (Å²) in [5.41, 5.74) is 4.58. The standard InChI is InChI=1S/C25H26N4O5/c1-3-15(12-22(30)31)27-24(32)20-13-26-29(2)23(20)28-25(33)34-14-21-18-10-6-4-8-16(18)17-9-5-7-11-19(17)21/h4-11,13,15,21H,3,12,14H2,1-2H3,(H,27,32)(H,28,33)(H,30,31)/t15-/m1/s1. The van der Waals surface area contributed by atoms with Crippen LogP contribution in [0.1, 0.15) is 47.2 Å². The highest BCUT2D eigenvalue weighted by Gasteiger charge is 2.29. The highest BCUT2D eigenvalue weighted by Crippen LogP contribution is 2.44. The second-order valence-corrected chi connectivity index (χ2v) is 8.16. The van der Waals surface area contributed by atoms with Gasteiger partial charge in [0.25, 0.3) is 5.91 Å². The van der Waals surface area contributed by atoms with Crippen molar-refractivity contribution in [1.82, 2.24) is 15.1 Å². The van der Waals surface area contributed by atoms with E-state index in [1.54, 1.807) is 14.0 Å². The fourth-order valence-corrected chi connectivity index (χ4v) is 4.25. The first-order chi connectivity index (χ1) is 16.4. The minimum absolute atomic E-state index is 0.0891. The van der Waals surface area contributed by atoms with Crippen LogP contribution in [0.15, 0.2) is 54.7 Å². The summed E-state index contributed by atoms with van der Waals surface area (Å²) in [5.74, 6) is -1.45. The molecule has 2 amide bonds. The molecule has 0 saturated carbocycles. The van der Waals surface area contributed by atoms with E-state index in [4.69, 9.17) is 9.84 Å². The van der Waals surface area contributed by atoms with Gasteiger partial charge in [-0.1, -0.05) is 55.5 Å². The Morgan fingerprint density at radius 2 is 1.71 bits per heavy atom. The molecule has 0 radical (unpaired) electrons. The van der Waals surface area contributed by atoms with Crippen LogP contribution in [0.5, 0.6) is 0 Å². The maximum atomic E-state index is 12.7. The van der Waals surface area contributed by atoms with Crippen molar-refractivity contribution in [2.24, 2.45) is 7.05 Å². The maximum Gasteiger partial charge on any atom is 0.412 e. The van der Waals surface area contributed by atoms with Crippen LogP contribution in [0.25, 0.3) is 11.1 Å². The van der Waals surface area contributed by atoms with Gasteiger partial charge in [-0.2, -0.15) is 5.10 Å². The number of carbonyl (C=O) groups is 3. The number of benzene rings is 2. The zero-order valence-corrected chi connectivity index (χ0v) is 18.9. The van der Waals surface area contributed by atoms with E-state index in [1.807, 2.05) is 36.4 Å². The molecular formula is C25H26N4O5. The van der Waals surface area contributed by atoms with Gasteiger partial charge < -0.3 is 15.2 Å². The smallest absolute Gasteiger partial charge is 0.412 e. The Hall–Kier alpha value is -4.14. The van der Waals surface area contributed by atoms with E-state index in [-0.39, 0.29) is 30.3 Å². The van der Waals surface area contributed by atoms with Gasteiger partial charge in [0.2, 0.25) is 0 Å². The molecule has 2 aromatic carbocycles. The Morgan fingerprint density at radius 3 is 2.29 bits per heavy atom. The number of nitrogens with one attached hydrogen (secondary N) is 2. The number of fused-ring (bicyclic) bond motifs is 3. The number of aryl methyl sites for hydroxylation is 1. The summed E-state index contributed by atoms with van der Waals surface area (Å²) in [6, 6.07) is 15.6. The number of aliphatic carboxylic acids is 1. The highest BCUT2D eigenvalue weighted by atomic mass is 16.5. The van der Waals surface area contributed by atoms with E-state index >= 15 is 0 Å². The van der Waals surface area contributed by atoms with Crippen LogP contribution in [-0.2, 0) is 16.6 Å². The van der Waals surface area contributed by atoms with Crippen LogP contribution in [0.4, 0.5) is 10.6 Å². The topological polar surface area (TPSA) is 123 Å². The van der Waals surface area contributed by atoms with E-state index in [2.05, 4.69) is 27.9 Å². The lowest BCUT2D eigenvalue weighted by Crippen LogP contribution is -2.36. The summed E-state index contributed by atoms with van der Waals surface area (Å²) in [4.78, 5) is 36.4. The van der Waals surface area contributed by atoms with Crippen LogP contribution in [0.2, 0.25) is 0 Å². The normalized spacial score (nSPS) is 13.0. The van der Waals surface area contributed by atoms with Gasteiger partial charge in [-0.25, -0.2) is 4.79 Å². The quantitative estimate of drug-likeness (QED) is 0.468. The predicted octanol–water partition coefficient (Wildman–Crippen LogP) is 3.76. The van der Waals surface area contributed by atoms with E-state index in [0.29, 0.717) is 6.42 Å². The van der Waals surface area contributed by atoms with E-state index in [9.17, 15) is 14.4 Å². The third kappa shape index (κ3) is 4.63. The zero-order valence-electron chi connectivity index (χ0n) is 18.9. The Bertz CT molecular complexity index is 1190. The second kappa shape index (κ2) is 9.78. The number of hydrogen-bond donors (Lipinski definition) is 3. The minimum Gasteiger partial charge on any atom is -0.481 e. The molecule has 0 saturated heterocycles. The molecular weight excluding hydrogens is 436 g/mol. The van der Waals surface area contributed by atoms with Gasteiger partial charge in [0.15, 0.2) is 0 Å². The highest BCUT2D eigenvalue weighted by molar-refractivity contribution is 6.01. The number of carboxylic acids is 1. The van der Waals surface area contributed by atoms with Gasteiger partial charge in [-0.05, 0) is 28.7 Å². The van der Waals surface area contributed by atoms with Crippen LogP contribution in [0.3, 0.4) is 0 Å². The van der Waals surface area contributed by atoms with Crippen molar-refractivity contribution in [3.05, 3.63) is 71.4 Å². The molecule has 0 unspecified atom stereocenters. The largest absolute Gasteiger partial charge is 0.481 e. The summed E-state index contributed by atoms with van der Waals surface area (Å²) >= 11 is 0. The lowest BCUT2D eigenvalue weighted by Gasteiger charge is -2.16. The molecule has 34 heavy (non-hydrogen) atoms. The number of ether oxygens (including phenoxy) is 1. The lowest BCUT2D eigenvalue weighted by atomic mass is 9.98. The van der Waals surface area contributed by atoms with Crippen LogP contribution in [-0.4, -0.2) is 45.5 Å². The van der Waals surface area contributed by atoms with Crippen molar-refractivity contribution in [2.75, 3.05) is 11.9 Å². The molecule has 1 atom stereocenters. The number of aromatic nitrogens is 2. The summed E-state index contributed by atoms with van der Waals surface area (Å²) in [6.45, 7) is 1.92. The predicted molar refractivity (Wildman–Crippen MR) is 126 cm³/mol. The molecule has 4 rings (SSSR count). The van der Waals surface area contributed by atoms with Crippen LogP contribution < -0.4 is 10.6 Å². The first kappa shape index (κ1) is 23.0. The van der Waals surface area contributed by atoms with E-state index in [0.717, 1.165) is 22.3 Å². The first-order valence-corrected chi connectivity index (χ1v) is 11.1. The Kier molecular flexibility index (Phi) is 6.62.